The number of amides is 1. The van der Waals surface area contributed by atoms with E-state index >= 15 is 0 Å². The zero-order valence-electron chi connectivity index (χ0n) is 47.1. The molecule has 0 spiro atoms. The maximum atomic E-state index is 13.6. The SMILES string of the molecule is CCCCCCCCCCCCCCCCCCCCCCC[C@@H](O)[C@H](O)C(=O)N[C@@H](COP(=O)(O)O[C@@H]1[C@H](O)[C@H](O)[C@@H](O)[C@H](O)[C@H]1OC1O[C@H](CO)[C@@H](O)[C@H](O)[C@@H]1O)[C@H](O)[C@H](O)CCCCCCCCCCCCCC. The van der Waals surface area contributed by atoms with Gasteiger partial charge in [-0.2, -0.15) is 0 Å². The number of aliphatic hydroxyl groups is 12. The van der Waals surface area contributed by atoms with Crippen LogP contribution in [0, 0.1) is 0 Å². The van der Waals surface area contributed by atoms with Crippen LogP contribution in [-0.4, -0.2) is 183 Å². The molecule has 2 aliphatic rings. The van der Waals surface area contributed by atoms with E-state index in [1.807, 2.05) is 0 Å². The summed E-state index contributed by atoms with van der Waals surface area (Å²) in [5.41, 5.74) is 0. The molecule has 21 heteroatoms. The summed E-state index contributed by atoms with van der Waals surface area (Å²) in [5.74, 6) is -1.17. The largest absolute Gasteiger partial charge is 0.472 e. The van der Waals surface area contributed by atoms with Crippen LogP contribution in [0.4, 0.5) is 0 Å². The first-order chi connectivity index (χ1) is 36.9. The number of phosphoric acid groups is 1. The van der Waals surface area contributed by atoms with E-state index in [0.29, 0.717) is 12.8 Å². The lowest BCUT2D eigenvalue weighted by molar-refractivity contribution is -0.338. The second-order valence-corrected chi connectivity index (χ2v) is 23.7. The number of phosphoric ester groups is 1. The monoisotopic (exact) mass is 1130 g/mol. The van der Waals surface area contributed by atoms with Crippen molar-refractivity contribution < 1.29 is 94.1 Å². The Bertz CT molecular complexity index is 1490. The van der Waals surface area contributed by atoms with Crippen molar-refractivity contribution in [3.05, 3.63) is 0 Å². The normalized spacial score (nSPS) is 27.7. The fourth-order valence-electron chi connectivity index (χ4n) is 10.4. The minimum Gasteiger partial charge on any atom is -0.394 e. The van der Waals surface area contributed by atoms with E-state index in [1.54, 1.807) is 0 Å². The van der Waals surface area contributed by atoms with Crippen LogP contribution in [0.2, 0.25) is 0 Å². The van der Waals surface area contributed by atoms with Crippen LogP contribution < -0.4 is 5.32 Å². The predicted molar refractivity (Wildman–Crippen MR) is 292 cm³/mol. The van der Waals surface area contributed by atoms with Crippen molar-refractivity contribution in [2.24, 2.45) is 0 Å². The number of carbonyl (C=O) groups excluding carboxylic acids is 1. The highest BCUT2D eigenvalue weighted by Gasteiger charge is 2.55. The number of carbonyl (C=O) groups is 1. The van der Waals surface area contributed by atoms with Gasteiger partial charge in [-0.1, -0.05) is 226 Å². The molecule has 0 radical (unpaired) electrons. The predicted octanol–water partition coefficient (Wildman–Crippen LogP) is 5.75. The van der Waals surface area contributed by atoms with Crippen molar-refractivity contribution in [3.63, 3.8) is 0 Å². The third kappa shape index (κ3) is 29.2. The van der Waals surface area contributed by atoms with E-state index in [-0.39, 0.29) is 12.8 Å². The van der Waals surface area contributed by atoms with Crippen molar-refractivity contribution in [2.75, 3.05) is 13.2 Å². The standard InChI is InChI=1S/C56H110NO19P/c1-3-5-7-9-11-13-15-17-18-19-20-21-22-23-24-25-27-29-31-33-35-37-42(60)45(62)55(70)57-40(44(61)41(59)36-34-32-30-28-26-16-14-12-10-8-6-4-2)39-73-77(71,72)76-54-51(68)49(66)48(65)50(67)53(54)75-56-52(69)47(64)46(63)43(38-58)74-56/h40-54,56,58-69H,3-39H2,1-2H3,(H,57,70)(H,71,72)/t40-,41+,42+,43+,44-,45-,46+,47-,48+,49+,50-,51+,52-,53+,54+,56?/m0/s1. The van der Waals surface area contributed by atoms with E-state index in [1.165, 1.54) is 141 Å². The molecule has 1 aliphatic carbocycles. The topological polar surface area (TPSA) is 346 Å². The van der Waals surface area contributed by atoms with Gasteiger partial charge < -0.3 is 81.0 Å². The molecule has 2 fully saturated rings. The van der Waals surface area contributed by atoms with Crippen molar-refractivity contribution in [2.45, 2.75) is 336 Å². The molecule has 0 aromatic rings. The molecule has 1 saturated carbocycles. The van der Waals surface area contributed by atoms with E-state index in [0.717, 1.165) is 57.8 Å². The number of hydrogen-bond donors (Lipinski definition) is 14. The highest BCUT2D eigenvalue weighted by atomic mass is 31.2. The van der Waals surface area contributed by atoms with Gasteiger partial charge in [0.2, 0.25) is 0 Å². The molecule has 2 rings (SSSR count). The third-order valence-corrected chi connectivity index (χ3v) is 16.6. The quantitative estimate of drug-likeness (QED) is 0.0255. The van der Waals surface area contributed by atoms with E-state index in [9.17, 15) is 75.5 Å². The van der Waals surface area contributed by atoms with Gasteiger partial charge in [-0.15, -0.1) is 0 Å². The zero-order valence-corrected chi connectivity index (χ0v) is 48.0. The summed E-state index contributed by atoms with van der Waals surface area (Å²) in [4.78, 5) is 24.4. The molecule has 2 unspecified atom stereocenters. The zero-order chi connectivity index (χ0) is 57.0. The molecular weight excluding hydrogens is 1020 g/mol. The average molecular weight is 1130 g/mol. The summed E-state index contributed by atoms with van der Waals surface area (Å²) < 4.78 is 34.7. The van der Waals surface area contributed by atoms with Gasteiger partial charge in [-0.3, -0.25) is 13.8 Å². The van der Waals surface area contributed by atoms with E-state index < -0.39 is 125 Å². The number of nitrogens with one attached hydrogen (secondary N) is 1. The number of unbranched alkanes of at least 4 members (excludes halogenated alkanes) is 31. The van der Waals surface area contributed by atoms with Crippen molar-refractivity contribution >= 4 is 13.7 Å². The lowest BCUT2D eigenvalue weighted by Crippen LogP contribution is -2.67. The summed E-state index contributed by atoms with van der Waals surface area (Å²) in [5, 5.41) is 130. The van der Waals surface area contributed by atoms with E-state index in [2.05, 4.69) is 19.2 Å². The van der Waals surface area contributed by atoms with Gasteiger partial charge in [0.25, 0.3) is 5.91 Å². The Morgan fingerprint density at radius 1 is 0.494 bits per heavy atom. The first-order valence-electron chi connectivity index (χ1n) is 30.3. The minimum atomic E-state index is -5.55. The van der Waals surface area contributed by atoms with Crippen molar-refractivity contribution in [1.82, 2.24) is 5.32 Å². The van der Waals surface area contributed by atoms with Crippen LogP contribution in [-0.2, 0) is 27.9 Å². The molecule has 1 amide bonds. The first kappa shape index (κ1) is 72.1. The maximum Gasteiger partial charge on any atom is 0.472 e. The van der Waals surface area contributed by atoms with Gasteiger partial charge >= 0.3 is 7.82 Å². The Morgan fingerprint density at radius 2 is 0.844 bits per heavy atom. The van der Waals surface area contributed by atoms with Crippen molar-refractivity contribution in [3.8, 4) is 0 Å². The molecule has 1 saturated heterocycles. The Hall–Kier alpha value is -0.980. The molecule has 0 aromatic carbocycles. The number of ether oxygens (including phenoxy) is 2. The second kappa shape index (κ2) is 42.8. The molecular formula is C56H110NO19P. The fraction of sp³-hybridized carbons (Fsp3) is 0.982. The lowest BCUT2D eigenvalue weighted by atomic mass is 9.84. The number of rotatable bonds is 48. The Balaban J connectivity index is 1.93. The summed E-state index contributed by atoms with van der Waals surface area (Å²) in [6.45, 7) is 2.49. The van der Waals surface area contributed by atoms with Gasteiger partial charge in [0.15, 0.2) is 12.4 Å². The molecule has 20 nitrogen and oxygen atoms in total. The number of aliphatic hydroxyl groups excluding tert-OH is 12. The van der Waals surface area contributed by atoms with Gasteiger partial charge in [-0.25, -0.2) is 4.57 Å². The van der Waals surface area contributed by atoms with Gasteiger partial charge in [0.1, 0.15) is 67.1 Å². The average Bonchev–Trinajstić information content (AvgIpc) is 3.41. The summed E-state index contributed by atoms with van der Waals surface area (Å²) >= 11 is 0. The van der Waals surface area contributed by atoms with Crippen molar-refractivity contribution in [1.29, 1.82) is 0 Å². The summed E-state index contributed by atoms with van der Waals surface area (Å²) in [6.07, 6.45) is 8.84. The molecule has 0 bridgehead atoms. The van der Waals surface area contributed by atoms with Gasteiger partial charge in [0.05, 0.1) is 31.5 Å². The molecule has 17 atom stereocenters. The Labute approximate surface area is 461 Å². The number of hydrogen-bond acceptors (Lipinski definition) is 18. The lowest BCUT2D eigenvalue weighted by Gasteiger charge is -2.47. The fourth-order valence-corrected chi connectivity index (χ4v) is 11.4. The minimum absolute atomic E-state index is 0.0618. The maximum absolute atomic E-state index is 13.6. The van der Waals surface area contributed by atoms with Crippen LogP contribution >= 0.6 is 7.82 Å². The molecule has 1 heterocycles. The van der Waals surface area contributed by atoms with Crippen LogP contribution in [0.5, 0.6) is 0 Å². The molecule has 14 N–H and O–H groups in total. The smallest absolute Gasteiger partial charge is 0.394 e. The van der Waals surface area contributed by atoms with Crippen LogP contribution in [0.25, 0.3) is 0 Å². The molecule has 458 valence electrons. The Morgan fingerprint density at radius 3 is 1.23 bits per heavy atom. The highest BCUT2D eigenvalue weighted by Crippen LogP contribution is 2.48. The molecule has 77 heavy (non-hydrogen) atoms. The highest BCUT2D eigenvalue weighted by molar-refractivity contribution is 7.47. The first-order valence-corrected chi connectivity index (χ1v) is 31.8. The van der Waals surface area contributed by atoms with E-state index in [4.69, 9.17) is 18.5 Å². The second-order valence-electron chi connectivity index (χ2n) is 22.3. The summed E-state index contributed by atoms with van der Waals surface area (Å²) in [7, 11) is -5.55. The summed E-state index contributed by atoms with van der Waals surface area (Å²) in [6, 6.07) is -1.71. The van der Waals surface area contributed by atoms with Crippen LogP contribution in [0.15, 0.2) is 0 Å². The van der Waals surface area contributed by atoms with Gasteiger partial charge in [0, 0.05) is 0 Å². The third-order valence-electron chi connectivity index (χ3n) is 15.6. The molecule has 1 aliphatic heterocycles. The Kier molecular flexibility index (Phi) is 40.1. The van der Waals surface area contributed by atoms with Crippen LogP contribution in [0.3, 0.4) is 0 Å². The van der Waals surface area contributed by atoms with Gasteiger partial charge in [-0.05, 0) is 12.8 Å². The molecule has 0 aromatic heterocycles. The van der Waals surface area contributed by atoms with Crippen LogP contribution in [0.1, 0.15) is 239 Å².